The van der Waals surface area contributed by atoms with Gasteiger partial charge >= 0.3 is 0 Å². The number of methoxy groups -OCH3 is 2. The molecule has 2 rings (SSSR count). The lowest BCUT2D eigenvalue weighted by atomic mass is 10.0. The molecule has 0 radical (unpaired) electrons. The summed E-state index contributed by atoms with van der Waals surface area (Å²) in [6, 6.07) is 4.89. The smallest absolute Gasteiger partial charge is 0.141 e. The highest BCUT2D eigenvalue weighted by Crippen LogP contribution is 2.39. The zero-order valence-electron chi connectivity index (χ0n) is 11.4. The van der Waals surface area contributed by atoms with E-state index in [0.29, 0.717) is 10.2 Å². The number of hydrogen-bond donors (Lipinski definition) is 1. The third-order valence-electron chi connectivity index (χ3n) is 3.01. The van der Waals surface area contributed by atoms with E-state index in [4.69, 9.17) is 9.47 Å². The fourth-order valence-electron chi connectivity index (χ4n) is 2.06. The molecule has 0 aliphatic carbocycles. The van der Waals surface area contributed by atoms with E-state index in [1.807, 2.05) is 18.5 Å². The third-order valence-corrected chi connectivity index (χ3v) is 4.58. The number of rotatable bonds is 5. The van der Waals surface area contributed by atoms with Gasteiger partial charge in [0.1, 0.15) is 17.3 Å². The van der Waals surface area contributed by atoms with Crippen molar-refractivity contribution in [1.82, 2.24) is 5.32 Å². The van der Waals surface area contributed by atoms with Crippen molar-refractivity contribution in [2.45, 2.75) is 6.04 Å². The highest BCUT2D eigenvalue weighted by molar-refractivity contribution is 9.10. The van der Waals surface area contributed by atoms with Crippen LogP contribution in [-0.2, 0) is 0 Å². The molecule has 0 fully saturated rings. The van der Waals surface area contributed by atoms with Crippen LogP contribution in [0, 0.1) is 5.82 Å². The van der Waals surface area contributed by atoms with E-state index < -0.39 is 0 Å². The second kappa shape index (κ2) is 6.56. The Balaban J connectivity index is 2.54. The van der Waals surface area contributed by atoms with Crippen LogP contribution in [0.5, 0.6) is 11.5 Å². The van der Waals surface area contributed by atoms with Crippen molar-refractivity contribution in [3.8, 4) is 11.5 Å². The molecule has 0 aliphatic heterocycles. The molecule has 0 amide bonds. The number of benzene rings is 1. The van der Waals surface area contributed by atoms with Gasteiger partial charge in [0.2, 0.25) is 0 Å². The molecule has 1 heterocycles. The lowest BCUT2D eigenvalue weighted by molar-refractivity contribution is 0.396. The molecule has 1 aromatic heterocycles. The monoisotopic (exact) mass is 359 g/mol. The van der Waals surface area contributed by atoms with Crippen molar-refractivity contribution in [2.24, 2.45) is 0 Å². The summed E-state index contributed by atoms with van der Waals surface area (Å²) in [5.74, 6) is 0.955. The average Bonchev–Trinajstić information content (AvgIpc) is 2.91. The Morgan fingerprint density at radius 3 is 2.55 bits per heavy atom. The van der Waals surface area contributed by atoms with E-state index in [1.165, 1.54) is 13.2 Å². The Morgan fingerprint density at radius 2 is 1.95 bits per heavy atom. The van der Waals surface area contributed by atoms with Gasteiger partial charge in [-0.2, -0.15) is 0 Å². The first-order valence-electron chi connectivity index (χ1n) is 5.94. The molecule has 0 spiro atoms. The van der Waals surface area contributed by atoms with E-state index in [1.54, 1.807) is 24.5 Å². The summed E-state index contributed by atoms with van der Waals surface area (Å²) in [5.41, 5.74) is 0.851. The first-order chi connectivity index (χ1) is 9.62. The quantitative estimate of drug-likeness (QED) is 0.875. The highest BCUT2D eigenvalue weighted by atomic mass is 79.9. The summed E-state index contributed by atoms with van der Waals surface area (Å²) >= 11 is 4.80. The summed E-state index contributed by atoms with van der Waals surface area (Å²) in [7, 11) is 5.02. The van der Waals surface area contributed by atoms with Gasteiger partial charge in [-0.05, 0) is 40.5 Å². The first-order valence-corrected chi connectivity index (χ1v) is 7.61. The zero-order valence-corrected chi connectivity index (χ0v) is 13.8. The van der Waals surface area contributed by atoms with Gasteiger partial charge in [0.15, 0.2) is 0 Å². The van der Waals surface area contributed by atoms with Crippen molar-refractivity contribution in [1.29, 1.82) is 0 Å². The second-order valence-electron chi connectivity index (χ2n) is 4.08. The van der Waals surface area contributed by atoms with E-state index in [-0.39, 0.29) is 11.9 Å². The zero-order chi connectivity index (χ0) is 14.7. The number of halogens is 2. The fourth-order valence-corrected chi connectivity index (χ4v) is 3.41. The topological polar surface area (TPSA) is 30.5 Å². The third kappa shape index (κ3) is 2.82. The molecule has 108 valence electrons. The van der Waals surface area contributed by atoms with Gasteiger partial charge in [0.25, 0.3) is 0 Å². The van der Waals surface area contributed by atoms with E-state index in [2.05, 4.69) is 21.2 Å². The maximum absolute atomic E-state index is 13.6. The Hall–Kier alpha value is -1.11. The largest absolute Gasteiger partial charge is 0.496 e. The highest BCUT2D eigenvalue weighted by Gasteiger charge is 2.23. The van der Waals surface area contributed by atoms with Gasteiger partial charge in [0.05, 0.1) is 29.6 Å². The fraction of sp³-hybridized carbons (Fsp3) is 0.286. The molecule has 1 unspecified atom stereocenters. The minimum Gasteiger partial charge on any atom is -0.496 e. The summed E-state index contributed by atoms with van der Waals surface area (Å²) < 4.78 is 24.7. The van der Waals surface area contributed by atoms with Crippen molar-refractivity contribution in [3.05, 3.63) is 44.3 Å². The molecule has 20 heavy (non-hydrogen) atoms. The van der Waals surface area contributed by atoms with E-state index >= 15 is 0 Å². The van der Waals surface area contributed by atoms with Crippen LogP contribution in [0.3, 0.4) is 0 Å². The van der Waals surface area contributed by atoms with Crippen LogP contribution in [0.4, 0.5) is 4.39 Å². The maximum atomic E-state index is 13.6. The molecule has 0 bridgehead atoms. The average molecular weight is 360 g/mol. The molecular weight excluding hydrogens is 345 g/mol. The molecular formula is C14H15BrFNO2S. The van der Waals surface area contributed by atoms with Crippen LogP contribution in [0.2, 0.25) is 0 Å². The number of ether oxygens (including phenoxy) is 2. The molecule has 3 nitrogen and oxygen atoms in total. The van der Waals surface area contributed by atoms with Crippen molar-refractivity contribution in [3.63, 3.8) is 0 Å². The summed E-state index contributed by atoms with van der Waals surface area (Å²) in [6.45, 7) is 0. The number of thiophene rings is 1. The summed E-state index contributed by atoms with van der Waals surface area (Å²) in [6.07, 6.45) is 0. The standard InChI is InChI=1S/C14H15BrFNO2S/c1-17-13(14-11(18-2)4-5-20-14)8-6-9(15)10(16)7-12(8)19-3/h4-7,13,17H,1-3H3. The lowest BCUT2D eigenvalue weighted by Crippen LogP contribution is -2.18. The normalized spacial score (nSPS) is 12.2. The minimum absolute atomic E-state index is 0.128. The molecule has 6 heteroatoms. The van der Waals surface area contributed by atoms with Crippen LogP contribution in [0.1, 0.15) is 16.5 Å². The molecule has 1 atom stereocenters. The van der Waals surface area contributed by atoms with Gasteiger partial charge in [-0.25, -0.2) is 4.39 Å². The van der Waals surface area contributed by atoms with Crippen LogP contribution in [0.25, 0.3) is 0 Å². The maximum Gasteiger partial charge on any atom is 0.141 e. The van der Waals surface area contributed by atoms with Crippen molar-refractivity contribution < 1.29 is 13.9 Å². The van der Waals surface area contributed by atoms with E-state index in [9.17, 15) is 4.39 Å². The van der Waals surface area contributed by atoms with Crippen molar-refractivity contribution in [2.75, 3.05) is 21.3 Å². The SMILES string of the molecule is CNC(c1cc(Br)c(F)cc1OC)c1sccc1OC. The Bertz CT molecular complexity index is 603. The molecule has 0 saturated carbocycles. The predicted octanol–water partition coefficient (Wildman–Crippen LogP) is 3.98. The number of nitrogens with one attached hydrogen (secondary N) is 1. The Kier molecular flexibility index (Phi) is 5.01. The molecule has 1 N–H and O–H groups in total. The summed E-state index contributed by atoms with van der Waals surface area (Å²) in [4.78, 5) is 1.02. The summed E-state index contributed by atoms with van der Waals surface area (Å²) in [5, 5.41) is 5.19. The predicted molar refractivity (Wildman–Crippen MR) is 82.4 cm³/mol. The van der Waals surface area contributed by atoms with Gasteiger partial charge < -0.3 is 14.8 Å². The van der Waals surface area contributed by atoms with Crippen LogP contribution in [-0.4, -0.2) is 21.3 Å². The molecule has 0 saturated heterocycles. The first kappa shape index (κ1) is 15.3. The molecule has 1 aromatic carbocycles. The van der Waals surface area contributed by atoms with Crippen LogP contribution < -0.4 is 14.8 Å². The van der Waals surface area contributed by atoms with Crippen LogP contribution >= 0.6 is 27.3 Å². The van der Waals surface area contributed by atoms with Gasteiger partial charge in [-0.15, -0.1) is 11.3 Å². The second-order valence-corrected chi connectivity index (χ2v) is 5.89. The lowest BCUT2D eigenvalue weighted by Gasteiger charge is -2.20. The number of hydrogen-bond acceptors (Lipinski definition) is 4. The Morgan fingerprint density at radius 1 is 1.25 bits per heavy atom. The Labute approximate surface area is 129 Å². The van der Waals surface area contributed by atoms with Gasteiger partial charge in [-0.1, -0.05) is 0 Å². The van der Waals surface area contributed by atoms with Gasteiger partial charge in [-0.3, -0.25) is 0 Å². The van der Waals surface area contributed by atoms with Gasteiger partial charge in [0, 0.05) is 11.6 Å². The van der Waals surface area contributed by atoms with E-state index in [0.717, 1.165) is 16.2 Å². The molecule has 0 aliphatic rings. The molecule has 2 aromatic rings. The minimum atomic E-state index is -0.349. The van der Waals surface area contributed by atoms with Crippen LogP contribution in [0.15, 0.2) is 28.1 Å². The van der Waals surface area contributed by atoms with Crippen molar-refractivity contribution >= 4 is 27.3 Å².